The summed E-state index contributed by atoms with van der Waals surface area (Å²) in [5.41, 5.74) is 7.82. The summed E-state index contributed by atoms with van der Waals surface area (Å²) in [6.45, 7) is 5.59. The van der Waals surface area contributed by atoms with Crippen LogP contribution in [0.4, 0.5) is 0 Å². The molecule has 2 bridgehead atoms. The monoisotopic (exact) mass is 712 g/mol. The van der Waals surface area contributed by atoms with E-state index in [2.05, 4.69) is 92.7 Å². The Morgan fingerprint density at radius 1 is 0.698 bits per heavy atom. The molecule has 0 aromatic heterocycles. The summed E-state index contributed by atoms with van der Waals surface area (Å²) in [6, 6.07) is 45.4. The van der Waals surface area contributed by atoms with Crippen molar-refractivity contribution in [1.82, 2.24) is 0 Å². The number of aryl methyl sites for hydroxylation is 2. The lowest BCUT2D eigenvalue weighted by Gasteiger charge is -2.50. The molecule has 274 valence electrons. The average molecular weight is 713 g/mol. The van der Waals surface area contributed by atoms with E-state index in [1.165, 1.54) is 5.56 Å². The molecule has 2 aliphatic heterocycles. The SMILES string of the molecule is Cc1ccc([C@]23OC[C@](C)(O2)[C@@H](OCc2ccccc2)[C@H](OCc2ccccc2)[C@H]3OCc2ccccc2)cc1Cc1ccc(CCCC(=O)O)cc1. The summed E-state index contributed by atoms with van der Waals surface area (Å²) in [5.74, 6) is -2.02. The predicted octanol–water partition coefficient (Wildman–Crippen LogP) is 8.72. The summed E-state index contributed by atoms with van der Waals surface area (Å²) in [4.78, 5) is 11.0. The number of rotatable bonds is 16. The fourth-order valence-corrected chi connectivity index (χ4v) is 7.47. The van der Waals surface area contributed by atoms with Crippen LogP contribution in [0.5, 0.6) is 0 Å². The lowest BCUT2D eigenvalue weighted by molar-refractivity contribution is -0.346. The number of benzene rings is 5. The Hall–Kier alpha value is -4.63. The molecule has 0 unspecified atom stereocenters. The molecule has 0 spiro atoms. The Morgan fingerprint density at radius 2 is 1.25 bits per heavy atom. The van der Waals surface area contributed by atoms with Crippen molar-refractivity contribution in [2.45, 2.75) is 89.1 Å². The predicted molar refractivity (Wildman–Crippen MR) is 203 cm³/mol. The van der Waals surface area contributed by atoms with Crippen molar-refractivity contribution in [1.29, 1.82) is 0 Å². The molecule has 2 heterocycles. The Bertz CT molecular complexity index is 1930. The summed E-state index contributed by atoms with van der Waals surface area (Å²) in [5, 5.41) is 9.02. The van der Waals surface area contributed by atoms with Gasteiger partial charge in [-0.05, 0) is 78.1 Å². The van der Waals surface area contributed by atoms with Gasteiger partial charge in [0.25, 0.3) is 0 Å². The van der Waals surface area contributed by atoms with Gasteiger partial charge in [0, 0.05) is 12.0 Å². The molecule has 0 amide bonds. The van der Waals surface area contributed by atoms with Gasteiger partial charge in [-0.15, -0.1) is 0 Å². The topological polar surface area (TPSA) is 83.5 Å². The fraction of sp³-hybridized carbons (Fsp3) is 0.326. The normalized spacial score (nSPS) is 23.5. The lowest BCUT2D eigenvalue weighted by Crippen LogP contribution is -2.65. The van der Waals surface area contributed by atoms with Crippen molar-refractivity contribution >= 4 is 5.97 Å². The van der Waals surface area contributed by atoms with E-state index < -0.39 is 35.7 Å². The highest BCUT2D eigenvalue weighted by atomic mass is 16.8. The maximum atomic E-state index is 11.0. The van der Waals surface area contributed by atoms with Gasteiger partial charge in [-0.1, -0.05) is 127 Å². The van der Waals surface area contributed by atoms with Gasteiger partial charge in [-0.2, -0.15) is 0 Å². The lowest BCUT2D eigenvalue weighted by atomic mass is 9.83. The van der Waals surface area contributed by atoms with E-state index in [1.807, 2.05) is 54.6 Å². The van der Waals surface area contributed by atoms with Crippen LogP contribution in [0, 0.1) is 6.92 Å². The molecule has 5 aromatic carbocycles. The second kappa shape index (κ2) is 16.6. The molecule has 53 heavy (non-hydrogen) atoms. The molecule has 2 fully saturated rings. The maximum Gasteiger partial charge on any atom is 0.303 e. The van der Waals surface area contributed by atoms with Gasteiger partial charge in [-0.25, -0.2) is 0 Å². The highest BCUT2D eigenvalue weighted by Gasteiger charge is 2.67. The van der Waals surface area contributed by atoms with Crippen molar-refractivity contribution in [3.05, 3.63) is 178 Å². The molecule has 2 aliphatic rings. The smallest absolute Gasteiger partial charge is 0.303 e. The van der Waals surface area contributed by atoms with E-state index in [9.17, 15) is 4.79 Å². The van der Waals surface area contributed by atoms with Crippen LogP contribution < -0.4 is 0 Å². The van der Waals surface area contributed by atoms with Crippen LogP contribution in [-0.4, -0.2) is 41.6 Å². The van der Waals surface area contributed by atoms with Gasteiger partial charge in [0.15, 0.2) is 0 Å². The molecule has 7 nitrogen and oxygen atoms in total. The van der Waals surface area contributed by atoms with Gasteiger partial charge < -0.3 is 28.8 Å². The first-order valence-corrected chi connectivity index (χ1v) is 18.5. The first-order chi connectivity index (χ1) is 25.8. The van der Waals surface area contributed by atoms with E-state index in [4.69, 9.17) is 28.8 Å². The van der Waals surface area contributed by atoms with Gasteiger partial charge in [-0.3, -0.25) is 4.79 Å². The van der Waals surface area contributed by atoms with Gasteiger partial charge in [0.05, 0.1) is 26.4 Å². The molecular formula is C46H48O7. The van der Waals surface area contributed by atoms with E-state index in [1.54, 1.807) is 0 Å². The quantitative estimate of drug-likeness (QED) is 0.110. The molecule has 1 N–H and O–H groups in total. The summed E-state index contributed by atoms with van der Waals surface area (Å²) >= 11 is 0. The summed E-state index contributed by atoms with van der Waals surface area (Å²) in [6.07, 6.45) is 0.540. The Kier molecular flexibility index (Phi) is 11.5. The number of carboxylic acid groups (broad SMARTS) is 1. The molecule has 5 atom stereocenters. The molecule has 2 saturated heterocycles. The zero-order valence-electron chi connectivity index (χ0n) is 30.5. The van der Waals surface area contributed by atoms with Crippen LogP contribution in [-0.2, 0) is 66.9 Å². The Balaban J connectivity index is 1.23. The number of hydrogen-bond acceptors (Lipinski definition) is 6. The van der Waals surface area contributed by atoms with Crippen LogP contribution in [0.25, 0.3) is 0 Å². The average Bonchev–Trinajstić information content (AvgIpc) is 3.50. The minimum absolute atomic E-state index is 0.173. The number of carboxylic acids is 1. The van der Waals surface area contributed by atoms with Crippen molar-refractivity contribution < 1.29 is 33.6 Å². The number of ether oxygens (including phenoxy) is 5. The van der Waals surface area contributed by atoms with Gasteiger partial charge in [0.1, 0.15) is 23.9 Å². The van der Waals surface area contributed by atoms with Gasteiger partial charge in [0.2, 0.25) is 5.79 Å². The first kappa shape index (κ1) is 36.7. The molecule has 0 radical (unpaired) electrons. The third-order valence-electron chi connectivity index (χ3n) is 10.4. The molecule has 0 saturated carbocycles. The third-order valence-corrected chi connectivity index (χ3v) is 10.4. The Labute approximate surface area is 312 Å². The third kappa shape index (κ3) is 8.62. The van der Waals surface area contributed by atoms with Crippen molar-refractivity contribution in [3.8, 4) is 0 Å². The standard InChI is InChI=1S/C46H48O7/c1-33-21-26-40(28-39(33)27-35-24-22-34(23-25-35)19-12-20-41(47)48)46-44(51-31-38-17-10-5-11-18-38)42(49-29-36-13-6-3-7-14-36)43(45(2,53-46)32-52-46)50-30-37-15-8-4-9-16-37/h3-11,13-18,21-26,28,42-44H,12,19-20,27,29-32H2,1-2H3,(H,47,48)/t42-,43-,44+,45-,46-/m0/s1. The highest BCUT2D eigenvalue weighted by Crippen LogP contribution is 2.53. The zero-order valence-corrected chi connectivity index (χ0v) is 30.5. The van der Waals surface area contributed by atoms with Crippen LogP contribution in [0.1, 0.15) is 64.3 Å². The van der Waals surface area contributed by atoms with Crippen molar-refractivity contribution in [2.24, 2.45) is 0 Å². The zero-order chi connectivity index (χ0) is 36.7. The second-order valence-electron chi connectivity index (χ2n) is 14.4. The van der Waals surface area contributed by atoms with Crippen molar-refractivity contribution in [2.75, 3.05) is 6.61 Å². The van der Waals surface area contributed by atoms with Crippen LogP contribution in [0.15, 0.2) is 133 Å². The summed E-state index contributed by atoms with van der Waals surface area (Å²) in [7, 11) is 0. The van der Waals surface area contributed by atoms with E-state index in [0.717, 1.165) is 45.4 Å². The van der Waals surface area contributed by atoms with Crippen LogP contribution in [0.3, 0.4) is 0 Å². The molecule has 7 heteroatoms. The minimum atomic E-state index is -1.26. The molecule has 0 aliphatic carbocycles. The number of hydrogen-bond donors (Lipinski definition) is 1. The van der Waals surface area contributed by atoms with Crippen molar-refractivity contribution in [3.63, 3.8) is 0 Å². The number of aliphatic carboxylic acids is 1. The Morgan fingerprint density at radius 3 is 1.83 bits per heavy atom. The van der Waals surface area contributed by atoms with E-state index in [0.29, 0.717) is 39.3 Å². The largest absolute Gasteiger partial charge is 0.481 e. The first-order valence-electron chi connectivity index (χ1n) is 18.5. The second-order valence-corrected chi connectivity index (χ2v) is 14.4. The maximum absolute atomic E-state index is 11.0. The fourth-order valence-electron chi connectivity index (χ4n) is 7.47. The molecule has 5 aromatic rings. The number of carbonyl (C=O) groups is 1. The molecular weight excluding hydrogens is 664 g/mol. The van der Waals surface area contributed by atoms with Crippen LogP contribution in [0.2, 0.25) is 0 Å². The molecule has 7 rings (SSSR count). The van der Waals surface area contributed by atoms with Gasteiger partial charge >= 0.3 is 5.97 Å². The summed E-state index contributed by atoms with van der Waals surface area (Å²) < 4.78 is 34.7. The highest BCUT2D eigenvalue weighted by molar-refractivity contribution is 5.66. The number of fused-ring (bicyclic) bond motifs is 2. The van der Waals surface area contributed by atoms with Crippen LogP contribution >= 0.6 is 0 Å². The van der Waals surface area contributed by atoms with E-state index >= 15 is 0 Å². The van der Waals surface area contributed by atoms with E-state index in [-0.39, 0.29) is 6.42 Å². The minimum Gasteiger partial charge on any atom is -0.481 e.